The summed E-state index contributed by atoms with van der Waals surface area (Å²) >= 11 is 0. The van der Waals surface area contributed by atoms with Gasteiger partial charge in [-0.05, 0) is 42.4 Å². The molecule has 10 heavy (non-hydrogen) atoms. The Bertz CT molecular complexity index is 137. The number of fused-ring (bicyclic) bond motifs is 2. The zero-order valence-corrected chi connectivity index (χ0v) is 7.30. The Morgan fingerprint density at radius 3 is 2.00 bits per heavy atom. The van der Waals surface area contributed by atoms with E-state index >= 15 is 0 Å². The molecule has 2 unspecified atom stereocenters. The highest BCUT2D eigenvalue weighted by Gasteiger charge is 2.46. The molecule has 2 aliphatic rings. The van der Waals surface area contributed by atoms with Gasteiger partial charge in [-0.3, -0.25) is 0 Å². The predicted molar refractivity (Wildman–Crippen MR) is 43.7 cm³/mol. The second-order valence-electron chi connectivity index (χ2n) is 4.59. The van der Waals surface area contributed by atoms with Crippen molar-refractivity contribution in [3.8, 4) is 0 Å². The van der Waals surface area contributed by atoms with Crippen LogP contribution in [0.25, 0.3) is 0 Å². The van der Waals surface area contributed by atoms with E-state index in [1.54, 1.807) is 6.42 Å². The molecular weight excluding hydrogens is 120 g/mol. The van der Waals surface area contributed by atoms with Crippen molar-refractivity contribution in [2.75, 3.05) is 0 Å². The van der Waals surface area contributed by atoms with Crippen molar-refractivity contribution >= 4 is 0 Å². The molecule has 0 amide bonds. The number of hydrogen-bond donors (Lipinski definition) is 0. The van der Waals surface area contributed by atoms with Gasteiger partial charge < -0.3 is 0 Å². The molecule has 0 aliphatic heterocycles. The zero-order chi connectivity index (χ0) is 7.30. The lowest BCUT2D eigenvalue weighted by Gasteiger charge is -2.29. The van der Waals surface area contributed by atoms with E-state index < -0.39 is 0 Å². The first-order valence-electron chi connectivity index (χ1n) is 4.70. The van der Waals surface area contributed by atoms with Crippen LogP contribution in [0.2, 0.25) is 0 Å². The average Bonchev–Trinajstić information content (AvgIpc) is 2.36. The van der Waals surface area contributed by atoms with Gasteiger partial charge in [-0.15, -0.1) is 0 Å². The van der Waals surface area contributed by atoms with Crippen molar-refractivity contribution in [1.82, 2.24) is 0 Å². The second kappa shape index (κ2) is 1.99. The predicted octanol–water partition coefficient (Wildman–Crippen LogP) is 2.93. The van der Waals surface area contributed by atoms with Crippen LogP contribution >= 0.6 is 0 Å². The zero-order valence-electron chi connectivity index (χ0n) is 7.30. The van der Waals surface area contributed by atoms with Gasteiger partial charge in [0.05, 0.1) is 0 Å². The van der Waals surface area contributed by atoms with Gasteiger partial charge in [-0.1, -0.05) is 20.8 Å². The molecule has 2 bridgehead atoms. The van der Waals surface area contributed by atoms with Crippen molar-refractivity contribution in [1.29, 1.82) is 0 Å². The smallest absolute Gasteiger partial charge is 0.0357 e. The van der Waals surface area contributed by atoms with E-state index in [0.29, 0.717) is 0 Å². The summed E-state index contributed by atoms with van der Waals surface area (Å²) in [6.45, 7) is 7.33. The summed E-state index contributed by atoms with van der Waals surface area (Å²) in [6.07, 6.45) is 3.07. The lowest BCUT2D eigenvalue weighted by molar-refractivity contribution is 0.201. The normalized spacial score (nSPS) is 59.7. The van der Waals surface area contributed by atoms with Gasteiger partial charge in [-0.2, -0.15) is 0 Å². The third kappa shape index (κ3) is 0.681. The fraction of sp³-hybridized carbons (Fsp3) is 1.00. The maximum atomic E-state index is 2.45. The van der Waals surface area contributed by atoms with Gasteiger partial charge in [0.2, 0.25) is 0 Å². The summed E-state index contributed by atoms with van der Waals surface area (Å²) in [5, 5.41) is 0. The summed E-state index contributed by atoms with van der Waals surface area (Å²) in [7, 11) is 0. The van der Waals surface area contributed by atoms with Crippen LogP contribution in [0.1, 0.15) is 33.6 Å². The first-order valence-corrected chi connectivity index (χ1v) is 4.70. The minimum Gasteiger partial charge on any atom is -0.0622 e. The number of rotatable bonds is 0. The van der Waals surface area contributed by atoms with E-state index in [0.717, 1.165) is 29.6 Å². The van der Waals surface area contributed by atoms with Crippen LogP contribution < -0.4 is 0 Å². The van der Waals surface area contributed by atoms with Crippen LogP contribution in [0, 0.1) is 29.6 Å². The van der Waals surface area contributed by atoms with Crippen molar-refractivity contribution in [2.45, 2.75) is 33.6 Å². The molecule has 0 spiro atoms. The highest BCUT2D eigenvalue weighted by atomic mass is 14.5. The molecule has 0 heteroatoms. The minimum atomic E-state index is 1.02. The first kappa shape index (κ1) is 6.69. The molecule has 0 saturated heterocycles. The molecule has 0 aromatic rings. The van der Waals surface area contributed by atoms with E-state index in [9.17, 15) is 0 Å². The molecule has 2 rings (SSSR count). The summed E-state index contributed by atoms with van der Waals surface area (Å²) < 4.78 is 0. The third-order valence-corrected chi connectivity index (χ3v) is 4.23. The van der Waals surface area contributed by atoms with Gasteiger partial charge in [0.25, 0.3) is 0 Å². The Morgan fingerprint density at radius 2 is 1.60 bits per heavy atom. The molecule has 5 atom stereocenters. The van der Waals surface area contributed by atoms with Crippen molar-refractivity contribution in [3.05, 3.63) is 0 Å². The summed E-state index contributed by atoms with van der Waals surface area (Å²) in [5.74, 6) is 5.26. The fourth-order valence-electron chi connectivity index (χ4n) is 3.31. The number of hydrogen-bond acceptors (Lipinski definition) is 0. The highest BCUT2D eigenvalue weighted by Crippen LogP contribution is 2.54. The van der Waals surface area contributed by atoms with E-state index in [2.05, 4.69) is 20.8 Å². The van der Waals surface area contributed by atoms with Crippen LogP contribution in [0.15, 0.2) is 0 Å². The van der Waals surface area contributed by atoms with Crippen molar-refractivity contribution < 1.29 is 0 Å². The topological polar surface area (TPSA) is 0 Å². The Hall–Kier alpha value is 0. The minimum absolute atomic E-state index is 1.02. The Morgan fingerprint density at radius 1 is 0.900 bits per heavy atom. The third-order valence-electron chi connectivity index (χ3n) is 4.23. The molecule has 0 aromatic carbocycles. The van der Waals surface area contributed by atoms with Gasteiger partial charge in [0.15, 0.2) is 0 Å². The van der Waals surface area contributed by atoms with E-state index in [1.165, 1.54) is 6.42 Å². The lowest BCUT2D eigenvalue weighted by Crippen LogP contribution is -2.22. The van der Waals surface area contributed by atoms with Crippen LogP contribution in [-0.2, 0) is 0 Å². The maximum Gasteiger partial charge on any atom is -0.0357 e. The molecule has 0 aromatic heterocycles. The van der Waals surface area contributed by atoms with E-state index in [4.69, 9.17) is 0 Å². The molecule has 0 N–H and O–H groups in total. The molecular formula is C10H18. The van der Waals surface area contributed by atoms with Crippen molar-refractivity contribution in [3.63, 3.8) is 0 Å². The molecule has 2 aliphatic carbocycles. The van der Waals surface area contributed by atoms with E-state index in [-0.39, 0.29) is 0 Å². The first-order chi connectivity index (χ1) is 4.70. The summed E-state index contributed by atoms with van der Waals surface area (Å²) in [5.41, 5.74) is 0. The Labute approximate surface area is 64.0 Å². The van der Waals surface area contributed by atoms with Crippen LogP contribution in [0.4, 0.5) is 0 Å². The van der Waals surface area contributed by atoms with Gasteiger partial charge >= 0.3 is 0 Å². The van der Waals surface area contributed by atoms with Crippen LogP contribution in [0.5, 0.6) is 0 Å². The SMILES string of the molecule is C[C@@H]1C2CC(C[C@@H]2C)[C@@H]1C. The van der Waals surface area contributed by atoms with Gasteiger partial charge in [0, 0.05) is 0 Å². The molecule has 58 valence electrons. The Balaban J connectivity index is 2.16. The Kier molecular flexibility index (Phi) is 1.33. The van der Waals surface area contributed by atoms with Crippen LogP contribution in [0.3, 0.4) is 0 Å². The monoisotopic (exact) mass is 138 g/mol. The maximum absolute atomic E-state index is 2.45. The second-order valence-corrected chi connectivity index (χ2v) is 4.59. The highest BCUT2D eigenvalue weighted by molar-refractivity contribution is 4.95. The van der Waals surface area contributed by atoms with Crippen molar-refractivity contribution in [2.24, 2.45) is 29.6 Å². The lowest BCUT2D eigenvalue weighted by atomic mass is 9.77. The average molecular weight is 138 g/mol. The molecule has 0 radical (unpaired) electrons. The van der Waals surface area contributed by atoms with E-state index in [1.807, 2.05) is 0 Å². The largest absolute Gasteiger partial charge is 0.0622 e. The molecule has 2 saturated carbocycles. The summed E-state index contributed by atoms with van der Waals surface area (Å²) in [4.78, 5) is 0. The fourth-order valence-corrected chi connectivity index (χ4v) is 3.31. The molecule has 2 fully saturated rings. The summed E-state index contributed by atoms with van der Waals surface area (Å²) in [6, 6.07) is 0. The van der Waals surface area contributed by atoms with Gasteiger partial charge in [0.1, 0.15) is 0 Å². The van der Waals surface area contributed by atoms with Gasteiger partial charge in [-0.25, -0.2) is 0 Å². The van der Waals surface area contributed by atoms with Crippen LogP contribution in [-0.4, -0.2) is 0 Å². The standard InChI is InChI=1S/C10H18/c1-6-4-9-5-10(6)8(3)7(9)2/h6-10H,4-5H2,1-3H3/t6-,7+,8-,9?,10?/m0/s1. The quantitative estimate of drug-likeness (QED) is 0.483. The molecule has 0 nitrogen and oxygen atoms in total. The molecule has 0 heterocycles.